The van der Waals surface area contributed by atoms with Crippen molar-refractivity contribution in [3.05, 3.63) is 0 Å². The van der Waals surface area contributed by atoms with Gasteiger partial charge in [-0.3, -0.25) is 9.59 Å². The van der Waals surface area contributed by atoms with Gasteiger partial charge in [0.15, 0.2) is 37.7 Å². The number of aliphatic carboxylic acids is 5. The Morgan fingerprint density at radius 2 is 0.864 bits per heavy atom. The molecule has 3 fully saturated rings. The molecule has 3 aliphatic heterocycles. The summed E-state index contributed by atoms with van der Waals surface area (Å²) in [5, 5.41) is 134. The number of hydrogen-bond donors (Lipinski definition) is 8. The number of rotatable bonds is 30. The van der Waals surface area contributed by atoms with Crippen LogP contribution in [0.25, 0.3) is 0 Å². The van der Waals surface area contributed by atoms with E-state index in [4.69, 9.17) is 47.4 Å². The minimum absolute atomic E-state index is 0. The van der Waals surface area contributed by atoms with Crippen molar-refractivity contribution in [1.29, 1.82) is 0 Å². The average Bonchev–Trinajstić information content (AvgIpc) is 3.58. The smallest absolute Gasteiger partial charge is 0.547 e. The van der Waals surface area contributed by atoms with Gasteiger partial charge < -0.3 is 137 Å². The monoisotopic (exact) mass is 1310 g/mol. The van der Waals surface area contributed by atoms with E-state index in [0.29, 0.717) is 12.4 Å². The van der Waals surface area contributed by atoms with Gasteiger partial charge in [-0.05, 0) is 59.8 Å². The third-order valence-electron chi connectivity index (χ3n) is 12.2. The zero-order valence-electron chi connectivity index (χ0n) is 51.6. The Morgan fingerprint density at radius 3 is 1.18 bits per heavy atom. The topological polar surface area (TPSA) is 531 Å². The molecule has 39 heteroatoms. The van der Waals surface area contributed by atoms with Gasteiger partial charge in [0.1, 0.15) is 85.6 Å². The molecule has 0 aliphatic carbocycles. The van der Waals surface area contributed by atoms with E-state index in [-0.39, 0.29) is 173 Å². The molecule has 3 rings (SSSR count). The molecule has 34 nitrogen and oxygen atoms in total. The summed E-state index contributed by atoms with van der Waals surface area (Å²) in [4.78, 5) is 111. The Kier molecular flexibility index (Phi) is 43.0. The second kappa shape index (κ2) is 41.3. The van der Waals surface area contributed by atoms with Crippen molar-refractivity contribution in [2.24, 2.45) is 27.5 Å². The van der Waals surface area contributed by atoms with E-state index in [2.05, 4.69) is 10.2 Å². The van der Waals surface area contributed by atoms with Crippen LogP contribution < -0.4 is 184 Å². The first-order chi connectivity index (χ1) is 38.3. The molecular formula is C49H71N4Na5O30. The van der Waals surface area contributed by atoms with Crippen LogP contribution in [0, 0.1) is 17.3 Å². The number of carbonyl (C=O) groups is 9. The van der Waals surface area contributed by atoms with Gasteiger partial charge in [0.05, 0.1) is 59.6 Å². The molecule has 8 N–H and O–H groups in total. The number of nitrogens with one attached hydrogen (secondary N) is 2. The van der Waals surface area contributed by atoms with Gasteiger partial charge in [-0.25, -0.2) is 10.9 Å². The van der Waals surface area contributed by atoms with Crippen LogP contribution in [0.4, 0.5) is 0 Å². The summed E-state index contributed by atoms with van der Waals surface area (Å²) < 4.78 is 53.9. The molecule has 3 saturated heterocycles. The molecule has 2 amide bonds. The van der Waals surface area contributed by atoms with E-state index in [0.717, 1.165) is 6.92 Å². The largest absolute Gasteiger partial charge is 1.00 e. The third-order valence-corrected chi connectivity index (χ3v) is 12.2. The summed E-state index contributed by atoms with van der Waals surface area (Å²) in [7, 11) is 0. The van der Waals surface area contributed by atoms with Crippen LogP contribution in [-0.2, 0) is 90.5 Å². The van der Waals surface area contributed by atoms with Gasteiger partial charge in [-0.2, -0.15) is 10.2 Å². The summed E-state index contributed by atoms with van der Waals surface area (Å²) in [6.45, 7) is 14.6. The number of hydrogen-bond acceptors (Lipinski definition) is 32. The fraction of sp³-hybridized carbons (Fsp3) is 0.776. The van der Waals surface area contributed by atoms with Crippen LogP contribution >= 0.6 is 0 Å². The molecule has 0 aromatic carbocycles. The number of amides is 2. The number of aliphatic hydroxyl groups is 6. The van der Waals surface area contributed by atoms with Crippen molar-refractivity contribution in [2.75, 3.05) is 0 Å². The van der Waals surface area contributed by atoms with Crippen molar-refractivity contribution in [3.8, 4) is 0 Å². The van der Waals surface area contributed by atoms with Gasteiger partial charge in [-0.15, -0.1) is 0 Å². The van der Waals surface area contributed by atoms with E-state index >= 15 is 0 Å². The Labute approximate surface area is 615 Å². The molecule has 21 atom stereocenters. The van der Waals surface area contributed by atoms with Gasteiger partial charge in [-0.1, -0.05) is 27.7 Å². The Balaban J connectivity index is -0.0000144. The van der Waals surface area contributed by atoms with Gasteiger partial charge >= 0.3 is 148 Å². The SMILES string of the molecule is CC(C=O)C(OC(/C=N/NC(=O)CCCCC(=O)N/N=C/C(OC(C(=O)[O-])C(C=O)O[C@H]1OC(C(=O)[O-])[C@H](C(C)(C)C)C(O)[C@H]1O)O[C@H]1C(C(=O)[O-])O[C@H](OC(C)(C)C)[C@H](O)C1O)O[C@@H]1C(C(=O)[O-])O[C@@H](OC(C)(C)C)[C@@H](O)C1O)C(=O)[O-].[Na+].[Na+].[Na+].[Na+].[Na+]. The number of carboxylic acid groups (broad SMARTS) is 5. The third kappa shape index (κ3) is 28.3. The molecule has 88 heavy (non-hydrogen) atoms. The maximum atomic E-state index is 12.9. The molecule has 12 unspecified atom stereocenters. The minimum atomic E-state index is -2.73. The van der Waals surface area contributed by atoms with E-state index < -0.39 is 200 Å². The number of ether oxygens (including phenoxy) is 10. The zero-order chi connectivity index (χ0) is 63.2. The predicted octanol–water partition coefficient (Wildman–Crippen LogP) is -25.2. The summed E-state index contributed by atoms with van der Waals surface area (Å²) in [6.07, 6.45) is -41.3. The molecule has 3 heterocycles. The first-order valence-corrected chi connectivity index (χ1v) is 25.6. The molecular weight excluding hydrogens is 1240 g/mol. The number of aliphatic hydroxyl groups excluding tert-OH is 6. The number of carbonyl (C=O) groups excluding carboxylic acids is 9. The van der Waals surface area contributed by atoms with Crippen LogP contribution in [0.3, 0.4) is 0 Å². The first kappa shape index (κ1) is 91.5. The molecule has 3 aliphatic rings. The molecule has 472 valence electrons. The van der Waals surface area contributed by atoms with Crippen LogP contribution in [0.1, 0.15) is 94.9 Å². The second-order valence-electron chi connectivity index (χ2n) is 22.3. The fourth-order valence-electron chi connectivity index (χ4n) is 8.28. The number of aldehydes is 2. The Bertz CT molecular complexity index is 2310. The first-order valence-electron chi connectivity index (χ1n) is 25.6. The van der Waals surface area contributed by atoms with Gasteiger partial charge in [0.25, 0.3) is 0 Å². The standard InChI is InChI=1S/C49H76N4O30.5Na/c1-19(17-54)32(39(64)65)75-23(77-35-27(59)30(62)45(82-48(5,6)7)80-37(35)42(70)71)15-50-52-21(56)13-11-12-14-22(57)53-51-16-24(78-36-28(60)31(63)46(83-49(8,9)10)81-38(36)43(72)73)76-33(40(66)67)20(18-55)74-44-29(61)26(58)25(47(2,3)4)34(79-44)41(68)69;;;;;/h15-20,23-38,44-46,58-63H,11-14H2,1-10H3,(H,52,56)(H,53,57)(H,64,65)(H,66,67)(H,68,69)(H,70,71)(H,72,73);;;;;/q;5*+1/p-5/b50-15+,51-16+;;;;;/t19?,20?,23?,24?,25-,26?,27?,28?,29-,30+,31-,32?,33?,34?,35+,36-,37?,38?,44+,45+,46-;;;;;/m1...../s1. The maximum Gasteiger partial charge on any atom is 1.00 e. The quantitative estimate of drug-likeness (QED) is 0.00827. The van der Waals surface area contributed by atoms with Crippen LogP contribution in [0.2, 0.25) is 0 Å². The van der Waals surface area contributed by atoms with Crippen LogP contribution in [0.5, 0.6) is 0 Å². The van der Waals surface area contributed by atoms with E-state index in [1.165, 1.54) is 62.3 Å². The molecule has 0 spiro atoms. The van der Waals surface area contributed by atoms with Crippen LogP contribution in [-0.4, -0.2) is 225 Å². The summed E-state index contributed by atoms with van der Waals surface area (Å²) in [5.74, 6) is -14.8. The zero-order valence-corrected chi connectivity index (χ0v) is 61.6. The molecule has 0 aromatic heterocycles. The second-order valence-corrected chi connectivity index (χ2v) is 22.3. The minimum Gasteiger partial charge on any atom is -0.547 e. The Morgan fingerprint density at radius 1 is 0.511 bits per heavy atom. The number of nitrogens with zero attached hydrogens (tertiary/aromatic N) is 2. The fourth-order valence-corrected chi connectivity index (χ4v) is 8.28. The van der Waals surface area contributed by atoms with Crippen molar-refractivity contribution in [1.82, 2.24) is 10.9 Å². The maximum absolute atomic E-state index is 12.9. The van der Waals surface area contributed by atoms with Crippen molar-refractivity contribution in [2.45, 2.75) is 223 Å². The van der Waals surface area contributed by atoms with Crippen molar-refractivity contribution < 1.29 is 294 Å². The van der Waals surface area contributed by atoms with E-state index in [1.54, 1.807) is 0 Å². The van der Waals surface area contributed by atoms with Gasteiger partial charge in [0.2, 0.25) is 11.8 Å². The van der Waals surface area contributed by atoms with Crippen molar-refractivity contribution in [3.63, 3.8) is 0 Å². The summed E-state index contributed by atoms with van der Waals surface area (Å²) in [6, 6.07) is 0. The Hall–Kier alpha value is -0.670. The molecule has 0 radical (unpaired) electrons. The molecule has 0 aromatic rings. The molecule has 0 bridgehead atoms. The number of hydrazone groups is 2. The van der Waals surface area contributed by atoms with E-state index in [9.17, 15) is 99.3 Å². The van der Waals surface area contributed by atoms with Crippen molar-refractivity contribution >= 4 is 66.7 Å². The van der Waals surface area contributed by atoms with E-state index in [1.807, 2.05) is 10.9 Å². The molecule has 0 saturated carbocycles. The van der Waals surface area contributed by atoms with Crippen LogP contribution in [0.15, 0.2) is 10.2 Å². The average molecular weight is 1310 g/mol. The number of carboxylic acids is 5. The summed E-state index contributed by atoms with van der Waals surface area (Å²) in [5.41, 5.74) is 0.791. The normalized spacial score (nSPS) is 29.4. The van der Waals surface area contributed by atoms with Gasteiger partial charge in [0, 0.05) is 24.7 Å². The number of unbranched alkanes of at least 4 members (excludes halogenated alkanes) is 1. The summed E-state index contributed by atoms with van der Waals surface area (Å²) >= 11 is 0. The predicted molar refractivity (Wildman–Crippen MR) is 257 cm³/mol.